The maximum absolute atomic E-state index is 13.0. The molecule has 4 nitrogen and oxygen atoms in total. The van der Waals surface area contributed by atoms with Crippen LogP contribution in [-0.4, -0.2) is 46.9 Å². The maximum atomic E-state index is 13.0. The first kappa shape index (κ1) is 19.1. The van der Waals surface area contributed by atoms with Gasteiger partial charge in [-0.15, -0.1) is 0 Å². The molecular formula is C24H31N3O. The number of hydrogen-bond acceptors (Lipinski definition) is 3. The number of pyridine rings is 1. The van der Waals surface area contributed by atoms with Crippen LogP contribution < -0.4 is 0 Å². The number of aryl methyl sites for hydroxylation is 1. The molecule has 2 fully saturated rings. The standard InChI is InChI=1S/C24H31N3O/c1-3-27-18-24(16-22(23(27)28)20-9-5-4-6-10-20)12-14-26(15-13-24)17-21-11-7-8-19(2)25-21/h4-11,22H,3,12-18H2,1-2H3. The van der Waals surface area contributed by atoms with Crippen LogP contribution in [0.2, 0.25) is 0 Å². The van der Waals surface area contributed by atoms with Crippen molar-refractivity contribution in [3.63, 3.8) is 0 Å². The van der Waals surface area contributed by atoms with Gasteiger partial charge in [0.2, 0.25) is 5.91 Å². The fourth-order valence-corrected chi connectivity index (χ4v) is 4.97. The van der Waals surface area contributed by atoms with Crippen molar-refractivity contribution in [3.8, 4) is 0 Å². The summed E-state index contributed by atoms with van der Waals surface area (Å²) in [5.41, 5.74) is 3.67. The summed E-state index contributed by atoms with van der Waals surface area (Å²) >= 11 is 0. The number of likely N-dealkylation sites (N-methyl/N-ethyl adjacent to an activating group) is 1. The number of aromatic nitrogens is 1. The Labute approximate surface area is 168 Å². The molecule has 2 saturated heterocycles. The third kappa shape index (κ3) is 3.97. The smallest absolute Gasteiger partial charge is 0.230 e. The van der Waals surface area contributed by atoms with E-state index in [1.54, 1.807) is 0 Å². The van der Waals surface area contributed by atoms with E-state index in [2.05, 4.69) is 71.1 Å². The second-order valence-corrected chi connectivity index (χ2v) is 8.57. The quantitative estimate of drug-likeness (QED) is 0.808. The Morgan fingerprint density at radius 2 is 1.82 bits per heavy atom. The summed E-state index contributed by atoms with van der Waals surface area (Å²) in [5, 5.41) is 0. The average Bonchev–Trinajstić information content (AvgIpc) is 2.72. The fraction of sp³-hybridized carbons (Fsp3) is 0.500. The van der Waals surface area contributed by atoms with Crippen molar-refractivity contribution in [3.05, 3.63) is 65.5 Å². The molecular weight excluding hydrogens is 346 g/mol. The van der Waals surface area contributed by atoms with Crippen LogP contribution in [0.25, 0.3) is 0 Å². The highest BCUT2D eigenvalue weighted by Gasteiger charge is 2.45. The highest BCUT2D eigenvalue weighted by Crippen LogP contribution is 2.45. The Hall–Kier alpha value is -2.20. The number of nitrogens with zero attached hydrogens (tertiary/aromatic N) is 3. The minimum atomic E-state index is 0.0138. The number of amides is 1. The van der Waals surface area contributed by atoms with Gasteiger partial charge in [-0.25, -0.2) is 0 Å². The van der Waals surface area contributed by atoms with E-state index in [9.17, 15) is 4.79 Å². The van der Waals surface area contributed by atoms with Gasteiger partial charge in [-0.05, 0) is 69.3 Å². The molecule has 0 aliphatic carbocycles. The average molecular weight is 378 g/mol. The van der Waals surface area contributed by atoms with Gasteiger partial charge in [0, 0.05) is 25.3 Å². The third-order valence-electron chi connectivity index (χ3n) is 6.61. The summed E-state index contributed by atoms with van der Waals surface area (Å²) in [6.07, 6.45) is 3.31. The normalized spacial score (nSPS) is 22.6. The molecule has 148 valence electrons. The van der Waals surface area contributed by atoms with Gasteiger partial charge < -0.3 is 4.90 Å². The zero-order valence-corrected chi connectivity index (χ0v) is 17.1. The largest absolute Gasteiger partial charge is 0.342 e. The van der Waals surface area contributed by atoms with Crippen molar-refractivity contribution in [1.29, 1.82) is 0 Å². The molecule has 4 heteroatoms. The van der Waals surface area contributed by atoms with E-state index < -0.39 is 0 Å². The summed E-state index contributed by atoms with van der Waals surface area (Å²) in [7, 11) is 0. The van der Waals surface area contributed by atoms with Crippen LogP contribution in [0.5, 0.6) is 0 Å². The lowest BCUT2D eigenvalue weighted by Gasteiger charge is -2.49. The van der Waals surface area contributed by atoms with Crippen LogP contribution in [0, 0.1) is 12.3 Å². The lowest BCUT2D eigenvalue weighted by atomic mass is 9.67. The number of piperidine rings is 2. The molecule has 2 aromatic rings. The Bertz CT molecular complexity index is 812. The van der Waals surface area contributed by atoms with Crippen LogP contribution in [0.3, 0.4) is 0 Å². The molecule has 28 heavy (non-hydrogen) atoms. The monoisotopic (exact) mass is 377 g/mol. The summed E-state index contributed by atoms with van der Waals surface area (Å²) in [6.45, 7) is 8.99. The van der Waals surface area contributed by atoms with E-state index in [0.717, 1.165) is 63.4 Å². The van der Waals surface area contributed by atoms with Gasteiger partial charge in [0.15, 0.2) is 0 Å². The number of likely N-dealkylation sites (tertiary alicyclic amines) is 2. The molecule has 0 N–H and O–H groups in total. The first-order valence-corrected chi connectivity index (χ1v) is 10.6. The lowest BCUT2D eigenvalue weighted by Crippen LogP contribution is -2.53. The van der Waals surface area contributed by atoms with Gasteiger partial charge >= 0.3 is 0 Å². The molecule has 1 amide bonds. The molecule has 3 heterocycles. The van der Waals surface area contributed by atoms with E-state index in [1.165, 1.54) is 5.56 Å². The van der Waals surface area contributed by atoms with Gasteiger partial charge in [0.25, 0.3) is 0 Å². The first-order valence-electron chi connectivity index (χ1n) is 10.6. The zero-order valence-electron chi connectivity index (χ0n) is 17.1. The van der Waals surface area contributed by atoms with Crippen molar-refractivity contribution in [2.24, 2.45) is 5.41 Å². The molecule has 2 aliphatic rings. The van der Waals surface area contributed by atoms with Crippen molar-refractivity contribution in [2.45, 2.75) is 45.6 Å². The van der Waals surface area contributed by atoms with Gasteiger partial charge in [0.1, 0.15) is 0 Å². The molecule has 0 radical (unpaired) electrons. The minimum absolute atomic E-state index is 0.0138. The summed E-state index contributed by atoms with van der Waals surface area (Å²) in [4.78, 5) is 22.3. The van der Waals surface area contributed by atoms with Crippen molar-refractivity contribution >= 4 is 5.91 Å². The SMILES string of the molecule is CCN1CC2(CCN(Cc3cccc(C)n3)CC2)CC(c2ccccc2)C1=O. The number of benzene rings is 1. The summed E-state index contributed by atoms with van der Waals surface area (Å²) in [5.74, 6) is 0.325. The van der Waals surface area contributed by atoms with E-state index in [4.69, 9.17) is 0 Å². The minimum Gasteiger partial charge on any atom is -0.342 e. The molecule has 1 aromatic heterocycles. The molecule has 4 rings (SSSR count). The highest BCUT2D eigenvalue weighted by molar-refractivity contribution is 5.84. The van der Waals surface area contributed by atoms with Crippen LogP contribution in [-0.2, 0) is 11.3 Å². The van der Waals surface area contributed by atoms with Gasteiger partial charge in [-0.1, -0.05) is 36.4 Å². The van der Waals surface area contributed by atoms with Gasteiger partial charge in [0.05, 0.1) is 11.6 Å². The molecule has 2 aliphatic heterocycles. The maximum Gasteiger partial charge on any atom is 0.230 e. The van der Waals surface area contributed by atoms with Crippen LogP contribution in [0.1, 0.15) is 49.1 Å². The number of carbonyl (C=O) groups is 1. The van der Waals surface area contributed by atoms with Crippen LogP contribution in [0.4, 0.5) is 0 Å². The lowest BCUT2D eigenvalue weighted by molar-refractivity contribution is -0.141. The molecule has 1 atom stereocenters. The zero-order chi connectivity index (χ0) is 19.6. The van der Waals surface area contributed by atoms with E-state index in [1.807, 2.05) is 6.07 Å². The Morgan fingerprint density at radius 3 is 2.50 bits per heavy atom. The first-order chi connectivity index (χ1) is 13.6. The predicted octanol–water partition coefficient (Wildman–Crippen LogP) is 4.01. The Kier molecular flexibility index (Phi) is 5.49. The molecule has 1 spiro atoms. The fourth-order valence-electron chi connectivity index (χ4n) is 4.97. The van der Waals surface area contributed by atoms with Crippen LogP contribution in [0.15, 0.2) is 48.5 Å². The van der Waals surface area contributed by atoms with E-state index >= 15 is 0 Å². The van der Waals surface area contributed by atoms with Crippen molar-refractivity contribution in [1.82, 2.24) is 14.8 Å². The third-order valence-corrected chi connectivity index (χ3v) is 6.61. The highest BCUT2D eigenvalue weighted by atomic mass is 16.2. The van der Waals surface area contributed by atoms with Crippen molar-refractivity contribution in [2.75, 3.05) is 26.2 Å². The topological polar surface area (TPSA) is 36.4 Å². The van der Waals surface area contributed by atoms with Gasteiger partial charge in [-0.3, -0.25) is 14.7 Å². The van der Waals surface area contributed by atoms with Crippen LogP contribution >= 0.6 is 0 Å². The summed E-state index contributed by atoms with van der Waals surface area (Å²) < 4.78 is 0. The Morgan fingerprint density at radius 1 is 1.07 bits per heavy atom. The predicted molar refractivity (Wildman–Crippen MR) is 112 cm³/mol. The number of rotatable bonds is 4. The number of hydrogen-bond donors (Lipinski definition) is 0. The molecule has 1 aromatic carbocycles. The van der Waals surface area contributed by atoms with E-state index in [0.29, 0.717) is 5.91 Å². The van der Waals surface area contributed by atoms with Crippen molar-refractivity contribution < 1.29 is 4.79 Å². The summed E-state index contributed by atoms with van der Waals surface area (Å²) in [6, 6.07) is 16.6. The molecule has 0 saturated carbocycles. The Balaban J connectivity index is 1.46. The van der Waals surface area contributed by atoms with E-state index in [-0.39, 0.29) is 11.3 Å². The molecule has 0 bridgehead atoms. The second-order valence-electron chi connectivity index (χ2n) is 8.57. The number of carbonyl (C=O) groups excluding carboxylic acids is 1. The second kappa shape index (κ2) is 8.04. The van der Waals surface area contributed by atoms with Gasteiger partial charge in [-0.2, -0.15) is 0 Å². The molecule has 1 unspecified atom stereocenters.